The Morgan fingerprint density at radius 3 is 2.38 bits per heavy atom. The Morgan fingerprint density at radius 1 is 1.46 bits per heavy atom. The van der Waals surface area contributed by atoms with Gasteiger partial charge in [0.1, 0.15) is 0 Å². The molecule has 0 aromatic rings. The molecule has 1 heterocycles. The van der Waals surface area contributed by atoms with E-state index in [0.29, 0.717) is 24.7 Å². The van der Waals surface area contributed by atoms with E-state index in [4.69, 9.17) is 0 Å². The van der Waals surface area contributed by atoms with Gasteiger partial charge in [0.2, 0.25) is 0 Å². The van der Waals surface area contributed by atoms with Gasteiger partial charge in [-0.1, -0.05) is 0 Å². The van der Waals surface area contributed by atoms with Crippen LogP contribution >= 0.6 is 0 Å². The second-order valence-electron chi connectivity index (χ2n) is 4.48. The van der Waals surface area contributed by atoms with E-state index in [1.165, 1.54) is 0 Å². The molecule has 1 N–H and O–H groups in total. The van der Waals surface area contributed by atoms with Crippen molar-refractivity contribution in [3.05, 3.63) is 0 Å². The smallest absolute Gasteiger partial charge is 0.0587 e. The van der Waals surface area contributed by atoms with Gasteiger partial charge < -0.3 is 10.0 Å². The quantitative estimate of drug-likeness (QED) is 0.691. The monoisotopic (exact) mass is 186 g/mol. The third-order valence-electron chi connectivity index (χ3n) is 3.04. The van der Waals surface area contributed by atoms with E-state index in [0.717, 1.165) is 13.0 Å². The molecule has 0 aromatic heterocycles. The van der Waals surface area contributed by atoms with Gasteiger partial charge in [-0.15, -0.1) is 0 Å². The minimum atomic E-state index is 0.294. The maximum absolute atomic E-state index is 9.22. The lowest BCUT2D eigenvalue weighted by molar-refractivity contribution is 0.131. The molecule has 0 aromatic carbocycles. The first kappa shape index (κ1) is 11.0. The van der Waals surface area contributed by atoms with Crippen molar-refractivity contribution >= 4 is 0 Å². The SMILES string of the molecule is CC(C)N1CC(N(C)C)CC1CO. The Hall–Kier alpha value is -0.120. The predicted molar refractivity (Wildman–Crippen MR) is 54.8 cm³/mol. The summed E-state index contributed by atoms with van der Waals surface area (Å²) in [7, 11) is 4.23. The van der Waals surface area contributed by atoms with E-state index < -0.39 is 0 Å². The molecule has 1 aliphatic heterocycles. The van der Waals surface area contributed by atoms with Gasteiger partial charge in [-0.2, -0.15) is 0 Å². The summed E-state index contributed by atoms with van der Waals surface area (Å²) in [6.45, 7) is 5.78. The molecular formula is C10H22N2O. The first-order chi connectivity index (χ1) is 6.06. The zero-order valence-electron chi connectivity index (χ0n) is 9.20. The molecule has 0 aliphatic carbocycles. The van der Waals surface area contributed by atoms with Crippen LogP contribution < -0.4 is 0 Å². The van der Waals surface area contributed by atoms with Crippen molar-refractivity contribution in [2.45, 2.75) is 38.4 Å². The highest BCUT2D eigenvalue weighted by atomic mass is 16.3. The van der Waals surface area contributed by atoms with Crippen LogP contribution in [0.3, 0.4) is 0 Å². The van der Waals surface area contributed by atoms with Crippen molar-refractivity contribution < 1.29 is 5.11 Å². The Kier molecular flexibility index (Phi) is 3.71. The van der Waals surface area contributed by atoms with Gasteiger partial charge in [-0.3, -0.25) is 4.90 Å². The van der Waals surface area contributed by atoms with E-state index >= 15 is 0 Å². The largest absolute Gasteiger partial charge is 0.395 e. The fourth-order valence-corrected chi connectivity index (χ4v) is 2.10. The molecule has 1 fully saturated rings. The number of nitrogens with zero attached hydrogens (tertiary/aromatic N) is 2. The standard InChI is InChI=1S/C10H22N2O/c1-8(2)12-6-9(11(3)4)5-10(12)7-13/h8-10,13H,5-7H2,1-4H3. The van der Waals surface area contributed by atoms with E-state index in [9.17, 15) is 5.11 Å². The first-order valence-electron chi connectivity index (χ1n) is 5.09. The van der Waals surface area contributed by atoms with Gasteiger partial charge in [0.25, 0.3) is 0 Å². The highest BCUT2D eigenvalue weighted by Gasteiger charge is 2.33. The van der Waals surface area contributed by atoms with E-state index in [-0.39, 0.29) is 0 Å². The maximum Gasteiger partial charge on any atom is 0.0587 e. The van der Waals surface area contributed by atoms with Crippen molar-refractivity contribution in [3.63, 3.8) is 0 Å². The molecule has 1 saturated heterocycles. The second kappa shape index (κ2) is 4.40. The fraction of sp³-hybridized carbons (Fsp3) is 1.00. The van der Waals surface area contributed by atoms with Crippen molar-refractivity contribution in [2.24, 2.45) is 0 Å². The average molecular weight is 186 g/mol. The summed E-state index contributed by atoms with van der Waals surface area (Å²) in [5.41, 5.74) is 0. The normalized spacial score (nSPS) is 30.7. The summed E-state index contributed by atoms with van der Waals surface area (Å²) in [5.74, 6) is 0. The van der Waals surface area contributed by atoms with Crippen LogP contribution in [0.5, 0.6) is 0 Å². The van der Waals surface area contributed by atoms with Gasteiger partial charge in [0, 0.05) is 24.7 Å². The topological polar surface area (TPSA) is 26.7 Å². The molecule has 2 atom stereocenters. The average Bonchev–Trinajstić information content (AvgIpc) is 2.47. The molecule has 2 unspecified atom stereocenters. The van der Waals surface area contributed by atoms with E-state index in [2.05, 4.69) is 37.7 Å². The molecule has 0 spiro atoms. The van der Waals surface area contributed by atoms with Crippen LogP contribution in [-0.4, -0.2) is 60.3 Å². The third-order valence-corrected chi connectivity index (χ3v) is 3.04. The lowest BCUT2D eigenvalue weighted by Crippen LogP contribution is -2.38. The van der Waals surface area contributed by atoms with E-state index in [1.54, 1.807) is 0 Å². The molecule has 78 valence electrons. The number of aliphatic hydroxyl groups excluding tert-OH is 1. The number of likely N-dealkylation sites (N-methyl/N-ethyl adjacent to an activating group) is 1. The maximum atomic E-state index is 9.22. The van der Waals surface area contributed by atoms with Crippen LogP contribution in [0, 0.1) is 0 Å². The minimum Gasteiger partial charge on any atom is -0.395 e. The lowest BCUT2D eigenvalue weighted by Gasteiger charge is -2.26. The van der Waals surface area contributed by atoms with Gasteiger partial charge in [-0.25, -0.2) is 0 Å². The summed E-state index contributed by atoms with van der Waals surface area (Å²) in [6, 6.07) is 1.52. The van der Waals surface area contributed by atoms with Crippen LogP contribution in [0.4, 0.5) is 0 Å². The van der Waals surface area contributed by atoms with Crippen LogP contribution in [-0.2, 0) is 0 Å². The van der Waals surface area contributed by atoms with Gasteiger partial charge in [0.05, 0.1) is 6.61 Å². The van der Waals surface area contributed by atoms with Crippen LogP contribution in [0.15, 0.2) is 0 Å². The van der Waals surface area contributed by atoms with Crippen LogP contribution in [0.2, 0.25) is 0 Å². The summed E-state index contributed by atoms with van der Waals surface area (Å²) < 4.78 is 0. The summed E-state index contributed by atoms with van der Waals surface area (Å²) in [5, 5.41) is 9.22. The van der Waals surface area contributed by atoms with Crippen molar-refractivity contribution in [3.8, 4) is 0 Å². The van der Waals surface area contributed by atoms with Gasteiger partial charge >= 0.3 is 0 Å². The molecular weight excluding hydrogens is 164 g/mol. The highest BCUT2D eigenvalue weighted by molar-refractivity contribution is 4.90. The number of aliphatic hydroxyl groups is 1. The Bertz CT molecular complexity index is 159. The fourth-order valence-electron chi connectivity index (χ4n) is 2.10. The number of hydrogen-bond donors (Lipinski definition) is 1. The second-order valence-corrected chi connectivity index (χ2v) is 4.48. The zero-order chi connectivity index (χ0) is 10.0. The van der Waals surface area contributed by atoms with Crippen molar-refractivity contribution in [1.29, 1.82) is 0 Å². The predicted octanol–water partition coefficient (Wildman–Crippen LogP) is 0.392. The molecule has 3 nitrogen and oxygen atoms in total. The number of likely N-dealkylation sites (tertiary alicyclic amines) is 1. The molecule has 1 aliphatic rings. The summed E-state index contributed by atoms with van der Waals surface area (Å²) in [4.78, 5) is 4.65. The number of rotatable bonds is 3. The molecule has 3 heteroatoms. The van der Waals surface area contributed by atoms with E-state index in [1.807, 2.05) is 0 Å². The molecule has 0 amide bonds. The Balaban J connectivity index is 2.56. The van der Waals surface area contributed by atoms with Crippen molar-refractivity contribution in [1.82, 2.24) is 9.80 Å². The molecule has 13 heavy (non-hydrogen) atoms. The molecule has 0 radical (unpaired) electrons. The van der Waals surface area contributed by atoms with Gasteiger partial charge in [0.15, 0.2) is 0 Å². The van der Waals surface area contributed by atoms with Crippen LogP contribution in [0.1, 0.15) is 20.3 Å². The van der Waals surface area contributed by atoms with Crippen LogP contribution in [0.25, 0.3) is 0 Å². The summed E-state index contributed by atoms with van der Waals surface area (Å²) in [6.07, 6.45) is 1.10. The first-order valence-corrected chi connectivity index (χ1v) is 5.09. The molecule has 0 saturated carbocycles. The molecule has 1 rings (SSSR count). The summed E-state index contributed by atoms with van der Waals surface area (Å²) >= 11 is 0. The number of hydrogen-bond acceptors (Lipinski definition) is 3. The minimum absolute atomic E-state index is 0.294. The Labute approximate surface area is 81.3 Å². The van der Waals surface area contributed by atoms with Gasteiger partial charge in [-0.05, 0) is 34.4 Å². The molecule has 0 bridgehead atoms. The highest BCUT2D eigenvalue weighted by Crippen LogP contribution is 2.22. The lowest BCUT2D eigenvalue weighted by atomic mass is 10.1. The zero-order valence-corrected chi connectivity index (χ0v) is 9.20. The third kappa shape index (κ3) is 2.42. The van der Waals surface area contributed by atoms with Crippen molar-refractivity contribution in [2.75, 3.05) is 27.2 Å². The Morgan fingerprint density at radius 2 is 2.08 bits per heavy atom.